The third kappa shape index (κ3) is 32.6. The fraction of sp³-hybridized carbons (Fsp3) is 0.711. The molecule has 12 heteroatoms. The number of hydrogen-bond acceptors (Lipinski definition) is 9. The molecule has 0 rings (SSSR count). The van der Waals surface area contributed by atoms with Crippen molar-refractivity contribution < 1.29 is 47.5 Å². The van der Waals surface area contributed by atoms with Crippen LogP contribution in [0.1, 0.15) is 142 Å². The van der Waals surface area contributed by atoms with Gasteiger partial charge in [0, 0.05) is 12.8 Å². The van der Waals surface area contributed by atoms with Crippen LogP contribution in [-0.4, -0.2) is 59.9 Å². The first-order valence-electron chi connectivity index (χ1n) is 18.7. The van der Waals surface area contributed by atoms with Gasteiger partial charge in [-0.1, -0.05) is 120 Å². The number of nitrogens with two attached hydrogens (primary N) is 1. The van der Waals surface area contributed by atoms with Gasteiger partial charge in [-0.15, -0.1) is 0 Å². The van der Waals surface area contributed by atoms with Crippen LogP contribution in [-0.2, 0) is 37.5 Å². The molecule has 0 aliphatic rings. The van der Waals surface area contributed by atoms with Gasteiger partial charge in [0.1, 0.15) is 12.6 Å². The first-order valence-corrected chi connectivity index (χ1v) is 20.2. The van der Waals surface area contributed by atoms with Crippen molar-refractivity contribution in [3.63, 3.8) is 0 Å². The summed E-state index contributed by atoms with van der Waals surface area (Å²) in [7, 11) is -4.72. The molecule has 4 N–H and O–H groups in total. The van der Waals surface area contributed by atoms with Crippen LogP contribution in [0.2, 0.25) is 0 Å². The molecule has 0 aromatic carbocycles. The summed E-state index contributed by atoms with van der Waals surface area (Å²) >= 11 is 0. The predicted octanol–water partition coefficient (Wildman–Crippen LogP) is 9.05. The van der Waals surface area contributed by atoms with Gasteiger partial charge in [0.15, 0.2) is 6.10 Å². The molecule has 0 radical (unpaired) electrons. The second kappa shape index (κ2) is 33.6. The quantitative estimate of drug-likeness (QED) is 0.0190. The molecule has 288 valence electrons. The van der Waals surface area contributed by atoms with E-state index < -0.39 is 51.1 Å². The molecule has 2 unspecified atom stereocenters. The van der Waals surface area contributed by atoms with E-state index >= 15 is 0 Å². The van der Waals surface area contributed by atoms with Gasteiger partial charge >= 0.3 is 25.7 Å². The van der Waals surface area contributed by atoms with Gasteiger partial charge in [-0.05, 0) is 57.8 Å². The van der Waals surface area contributed by atoms with Crippen molar-refractivity contribution in [3.05, 3.63) is 48.6 Å². The van der Waals surface area contributed by atoms with Gasteiger partial charge in [-0.25, -0.2) is 4.57 Å². The molecule has 0 heterocycles. The highest BCUT2D eigenvalue weighted by atomic mass is 31.2. The van der Waals surface area contributed by atoms with Gasteiger partial charge < -0.3 is 25.2 Å². The number of phosphoric ester groups is 1. The first kappa shape index (κ1) is 47.4. The molecule has 0 fully saturated rings. The zero-order chi connectivity index (χ0) is 37.1. The maximum absolute atomic E-state index is 12.5. The Hall–Kier alpha value is -2.56. The lowest BCUT2D eigenvalue weighted by atomic mass is 10.1. The topological polar surface area (TPSA) is 172 Å². The van der Waals surface area contributed by atoms with E-state index in [1.54, 1.807) is 0 Å². The number of ether oxygens (including phenoxy) is 2. The highest BCUT2D eigenvalue weighted by Crippen LogP contribution is 2.43. The number of esters is 2. The number of phosphoric acid groups is 1. The standard InChI is InChI=1S/C38H66NO10P/c1-3-5-7-9-11-13-15-17-19-21-23-25-27-29-36(40)46-31-34(32-47-50(44,45)48-33-35(39)38(42)43)49-37(41)30-28-26-24-22-20-18-16-14-12-10-8-6-4-2/h6,8,10,12,14,16-17,19,34-35H,3-5,7,9,11,13,15,18,20-33,39H2,1-2H3,(H,42,43)(H,44,45)/b8-6+,12-10+,16-14+,19-17+/t34?,35-/m0/s1. The lowest BCUT2D eigenvalue weighted by Crippen LogP contribution is -2.34. The van der Waals surface area contributed by atoms with Gasteiger partial charge in [-0.2, -0.15) is 0 Å². The Morgan fingerprint density at radius 3 is 1.74 bits per heavy atom. The van der Waals surface area contributed by atoms with Crippen LogP contribution < -0.4 is 5.73 Å². The molecule has 0 bridgehead atoms. The summed E-state index contributed by atoms with van der Waals surface area (Å²) in [6.07, 6.45) is 34.7. The van der Waals surface area contributed by atoms with Crippen molar-refractivity contribution in [2.75, 3.05) is 19.8 Å². The molecule has 0 saturated carbocycles. The number of aliphatic carboxylic acids is 1. The van der Waals surface area contributed by atoms with E-state index in [4.69, 9.17) is 24.8 Å². The Morgan fingerprint density at radius 1 is 0.640 bits per heavy atom. The second-order valence-electron chi connectivity index (χ2n) is 12.4. The van der Waals surface area contributed by atoms with E-state index in [9.17, 15) is 23.8 Å². The zero-order valence-corrected chi connectivity index (χ0v) is 31.6. The maximum Gasteiger partial charge on any atom is 0.472 e. The van der Waals surface area contributed by atoms with E-state index in [-0.39, 0.29) is 19.4 Å². The first-order chi connectivity index (χ1) is 24.1. The number of carboxylic acids is 1. The minimum absolute atomic E-state index is 0.134. The Balaban J connectivity index is 4.52. The molecule has 0 aromatic heterocycles. The number of carbonyl (C=O) groups excluding carboxylic acids is 2. The van der Waals surface area contributed by atoms with Crippen LogP contribution in [0.3, 0.4) is 0 Å². The lowest BCUT2D eigenvalue weighted by Gasteiger charge is -2.20. The summed E-state index contributed by atoms with van der Waals surface area (Å²) in [4.78, 5) is 45.7. The third-order valence-electron chi connectivity index (χ3n) is 7.62. The smallest absolute Gasteiger partial charge is 0.472 e. The number of rotatable bonds is 34. The monoisotopic (exact) mass is 727 g/mol. The van der Waals surface area contributed by atoms with Gasteiger partial charge in [0.05, 0.1) is 13.2 Å². The molecule has 0 aromatic rings. The SMILES string of the molecule is CC/C=C/C=C/C=C/CCCCCCCC(=O)OC(COC(=O)CCCCC/C=C/CCCCCCCC)COP(=O)(O)OC[C@H](N)C(=O)O. The van der Waals surface area contributed by atoms with Gasteiger partial charge in [0.2, 0.25) is 0 Å². The Kier molecular flexibility index (Phi) is 31.9. The van der Waals surface area contributed by atoms with E-state index in [0.717, 1.165) is 64.2 Å². The van der Waals surface area contributed by atoms with Crippen molar-refractivity contribution in [2.24, 2.45) is 5.73 Å². The average molecular weight is 728 g/mol. The molecular weight excluding hydrogens is 661 g/mol. The minimum Gasteiger partial charge on any atom is -0.480 e. The van der Waals surface area contributed by atoms with Crippen molar-refractivity contribution >= 4 is 25.7 Å². The van der Waals surface area contributed by atoms with Gasteiger partial charge in [-0.3, -0.25) is 23.4 Å². The summed E-state index contributed by atoms with van der Waals surface area (Å²) < 4.78 is 32.5. The molecule has 11 nitrogen and oxygen atoms in total. The maximum atomic E-state index is 12.5. The lowest BCUT2D eigenvalue weighted by molar-refractivity contribution is -0.161. The van der Waals surface area contributed by atoms with Crippen LogP contribution in [0, 0.1) is 0 Å². The molecule has 0 amide bonds. The van der Waals surface area contributed by atoms with E-state index in [2.05, 4.69) is 42.7 Å². The molecule has 0 spiro atoms. The highest BCUT2D eigenvalue weighted by molar-refractivity contribution is 7.47. The van der Waals surface area contributed by atoms with Crippen molar-refractivity contribution in [2.45, 2.75) is 154 Å². The number of carbonyl (C=O) groups is 3. The van der Waals surface area contributed by atoms with Crippen LogP contribution in [0.5, 0.6) is 0 Å². The van der Waals surface area contributed by atoms with Gasteiger partial charge in [0.25, 0.3) is 0 Å². The summed E-state index contributed by atoms with van der Waals surface area (Å²) in [5, 5.41) is 8.85. The number of hydrogen-bond donors (Lipinski definition) is 3. The van der Waals surface area contributed by atoms with Crippen LogP contribution in [0.15, 0.2) is 48.6 Å². The number of allylic oxidation sites excluding steroid dienone is 8. The average Bonchev–Trinajstić information content (AvgIpc) is 3.09. The molecular formula is C38H66NO10P. The van der Waals surface area contributed by atoms with E-state index in [1.807, 2.05) is 24.3 Å². The molecule has 0 saturated heterocycles. The number of carboxylic acid groups (broad SMARTS) is 1. The molecule has 0 aliphatic heterocycles. The largest absolute Gasteiger partial charge is 0.480 e. The van der Waals surface area contributed by atoms with Crippen molar-refractivity contribution in [1.29, 1.82) is 0 Å². The van der Waals surface area contributed by atoms with Crippen LogP contribution in [0.25, 0.3) is 0 Å². The normalized spacial score (nSPS) is 14.5. The Bertz CT molecular complexity index is 1040. The molecule has 0 aliphatic carbocycles. The third-order valence-corrected chi connectivity index (χ3v) is 8.57. The van der Waals surface area contributed by atoms with Crippen LogP contribution in [0.4, 0.5) is 0 Å². The van der Waals surface area contributed by atoms with Crippen molar-refractivity contribution in [3.8, 4) is 0 Å². The molecule has 50 heavy (non-hydrogen) atoms. The summed E-state index contributed by atoms with van der Waals surface area (Å²) in [5.74, 6) is -2.43. The summed E-state index contributed by atoms with van der Waals surface area (Å²) in [6.45, 7) is 2.59. The van der Waals surface area contributed by atoms with Crippen molar-refractivity contribution in [1.82, 2.24) is 0 Å². The second-order valence-corrected chi connectivity index (χ2v) is 13.8. The summed E-state index contributed by atoms with van der Waals surface area (Å²) in [6, 6.07) is -1.53. The highest BCUT2D eigenvalue weighted by Gasteiger charge is 2.28. The minimum atomic E-state index is -4.72. The Morgan fingerprint density at radius 2 is 1.14 bits per heavy atom. The molecule has 3 atom stereocenters. The number of unbranched alkanes of at least 4 members (excludes halogenated alkanes) is 14. The fourth-order valence-corrected chi connectivity index (χ4v) is 5.42. The summed E-state index contributed by atoms with van der Waals surface area (Å²) in [5.41, 5.74) is 5.31. The van der Waals surface area contributed by atoms with Crippen LogP contribution >= 0.6 is 7.82 Å². The van der Waals surface area contributed by atoms with E-state index in [1.165, 1.54) is 38.5 Å². The van der Waals surface area contributed by atoms with E-state index in [0.29, 0.717) is 12.8 Å². The predicted molar refractivity (Wildman–Crippen MR) is 198 cm³/mol. The fourth-order valence-electron chi connectivity index (χ4n) is 4.65. The Labute approximate surface area is 301 Å². The zero-order valence-electron chi connectivity index (χ0n) is 30.7.